The second kappa shape index (κ2) is 7.57. The largest absolute Gasteiger partial charge is 0.463 e. The van der Waals surface area contributed by atoms with E-state index < -0.39 is 5.97 Å². The number of thioether (sulfide) groups is 1. The maximum absolute atomic E-state index is 11.5. The monoisotopic (exact) mass is 357 g/mol. The van der Waals surface area contributed by atoms with Crippen molar-refractivity contribution in [3.63, 3.8) is 0 Å². The molecule has 6 nitrogen and oxygen atoms in total. The van der Waals surface area contributed by atoms with Crippen LogP contribution in [0.2, 0.25) is 0 Å². The predicted molar refractivity (Wildman–Crippen MR) is 95.5 cm³/mol. The van der Waals surface area contributed by atoms with E-state index in [4.69, 9.17) is 4.42 Å². The Morgan fingerprint density at radius 3 is 2.72 bits per heavy atom. The Balaban J connectivity index is 1.69. The van der Waals surface area contributed by atoms with Gasteiger partial charge in [-0.25, -0.2) is 9.78 Å². The molecule has 0 spiro atoms. The summed E-state index contributed by atoms with van der Waals surface area (Å²) in [6, 6.07) is 11.6. The number of aromatic amines is 1. The number of nitrogens with one attached hydrogen (secondary N) is 1. The smallest absolute Gasteiger partial charge is 0.373 e. The first-order valence-corrected chi connectivity index (χ1v) is 8.85. The van der Waals surface area contributed by atoms with Crippen molar-refractivity contribution in [2.24, 2.45) is 0 Å². The molecule has 3 aromatic rings. The number of furan rings is 1. The summed E-state index contributed by atoms with van der Waals surface area (Å²) in [6.45, 7) is 4.09. The third-order valence-electron chi connectivity index (χ3n) is 3.80. The van der Waals surface area contributed by atoms with E-state index in [-0.39, 0.29) is 11.0 Å². The summed E-state index contributed by atoms with van der Waals surface area (Å²) in [5.74, 6) is 1.10. The highest BCUT2D eigenvalue weighted by Crippen LogP contribution is 2.34. The number of hydrogen-bond donors (Lipinski definition) is 1. The van der Waals surface area contributed by atoms with E-state index >= 15 is 0 Å². The molecule has 0 radical (unpaired) electrons. The molecule has 3 rings (SSSR count). The fourth-order valence-corrected chi connectivity index (χ4v) is 3.13. The number of esters is 1. The Hall–Kier alpha value is -2.54. The molecular formula is C18H19N3O3S. The lowest BCUT2D eigenvalue weighted by molar-refractivity contribution is 0.0563. The lowest BCUT2D eigenvalue weighted by atomic mass is 10.1. The van der Waals surface area contributed by atoms with Gasteiger partial charge in [0.25, 0.3) is 0 Å². The second-order valence-corrected chi connectivity index (χ2v) is 6.78. The van der Waals surface area contributed by atoms with Crippen LogP contribution in [-0.2, 0) is 11.2 Å². The van der Waals surface area contributed by atoms with Crippen LogP contribution in [0.4, 0.5) is 0 Å². The molecule has 2 aromatic heterocycles. The molecule has 0 amide bonds. The highest BCUT2D eigenvalue weighted by molar-refractivity contribution is 7.99. The van der Waals surface area contributed by atoms with Gasteiger partial charge in [0.2, 0.25) is 10.9 Å². The number of aromatic nitrogens is 3. The molecule has 0 unspecified atom stereocenters. The van der Waals surface area contributed by atoms with Gasteiger partial charge >= 0.3 is 5.97 Å². The summed E-state index contributed by atoms with van der Waals surface area (Å²) in [5.41, 5.74) is 2.28. The molecule has 1 N–H and O–H groups in total. The number of carbonyl (C=O) groups is 1. The van der Waals surface area contributed by atoms with Crippen LogP contribution >= 0.6 is 11.8 Å². The summed E-state index contributed by atoms with van der Waals surface area (Å²) in [4.78, 5) is 16.0. The van der Waals surface area contributed by atoms with Crippen LogP contribution < -0.4 is 0 Å². The molecule has 0 saturated heterocycles. The van der Waals surface area contributed by atoms with Gasteiger partial charge in [0, 0.05) is 5.56 Å². The first-order valence-electron chi connectivity index (χ1n) is 7.97. The van der Waals surface area contributed by atoms with E-state index in [0.717, 1.165) is 17.8 Å². The molecule has 0 aliphatic carbocycles. The van der Waals surface area contributed by atoms with Crippen LogP contribution in [0.5, 0.6) is 0 Å². The highest BCUT2D eigenvalue weighted by Gasteiger charge is 2.18. The van der Waals surface area contributed by atoms with E-state index in [2.05, 4.69) is 39.0 Å². The van der Waals surface area contributed by atoms with Gasteiger partial charge in [-0.2, -0.15) is 0 Å². The molecule has 1 aromatic carbocycles. The minimum Gasteiger partial charge on any atom is -0.463 e. The zero-order chi connectivity index (χ0) is 17.8. The van der Waals surface area contributed by atoms with Crippen LogP contribution in [0, 0.1) is 0 Å². The van der Waals surface area contributed by atoms with Gasteiger partial charge in [-0.15, -0.1) is 5.10 Å². The average Bonchev–Trinajstić information content (AvgIpc) is 3.31. The summed E-state index contributed by atoms with van der Waals surface area (Å²) in [7, 11) is 1.32. The van der Waals surface area contributed by atoms with E-state index in [9.17, 15) is 4.79 Å². The zero-order valence-corrected chi connectivity index (χ0v) is 15.1. The SMILES string of the molecule is CCc1ccc(-c2nc(S[C@@H](C)c3ccc(C(=O)OC)o3)n[nH]2)cc1. The number of hydrogen-bond acceptors (Lipinski definition) is 6. The van der Waals surface area contributed by atoms with Crippen LogP contribution in [0.3, 0.4) is 0 Å². The first kappa shape index (κ1) is 17.3. The van der Waals surface area contributed by atoms with E-state index in [1.807, 2.05) is 19.1 Å². The van der Waals surface area contributed by atoms with Gasteiger partial charge in [0.05, 0.1) is 12.4 Å². The Morgan fingerprint density at radius 1 is 1.28 bits per heavy atom. The molecule has 0 fully saturated rings. The molecular weight excluding hydrogens is 338 g/mol. The number of methoxy groups -OCH3 is 1. The standard InChI is InChI=1S/C18H19N3O3S/c1-4-12-5-7-13(8-6-12)16-19-18(21-20-16)25-11(2)14-9-10-15(24-14)17(22)23-3/h5-11H,4H2,1-3H3,(H,19,20,21)/t11-/m0/s1. The van der Waals surface area contributed by atoms with Gasteiger partial charge in [0.1, 0.15) is 5.76 Å². The zero-order valence-electron chi connectivity index (χ0n) is 14.3. The molecule has 0 aliphatic heterocycles. The molecule has 0 bridgehead atoms. The van der Waals surface area contributed by atoms with Crippen molar-refractivity contribution in [2.75, 3.05) is 7.11 Å². The number of carbonyl (C=O) groups excluding carboxylic acids is 1. The summed E-state index contributed by atoms with van der Waals surface area (Å²) < 4.78 is 10.2. The molecule has 0 aliphatic rings. The Labute approximate surface area is 150 Å². The third-order valence-corrected chi connectivity index (χ3v) is 4.78. The van der Waals surface area contributed by atoms with Crippen molar-refractivity contribution in [1.29, 1.82) is 0 Å². The number of nitrogens with zero attached hydrogens (tertiary/aromatic N) is 2. The molecule has 7 heteroatoms. The topological polar surface area (TPSA) is 81.0 Å². The fraction of sp³-hybridized carbons (Fsp3) is 0.278. The summed E-state index contributed by atoms with van der Waals surface area (Å²) in [6.07, 6.45) is 1.01. The minimum absolute atomic E-state index is 0.0375. The first-order chi connectivity index (χ1) is 12.1. The van der Waals surface area contributed by atoms with Gasteiger partial charge < -0.3 is 9.15 Å². The van der Waals surface area contributed by atoms with Crippen LogP contribution in [-0.4, -0.2) is 28.3 Å². The molecule has 0 saturated carbocycles. The predicted octanol–water partition coefficient (Wildman–Crippen LogP) is 4.27. The van der Waals surface area contributed by atoms with E-state index in [0.29, 0.717) is 10.9 Å². The lowest BCUT2D eigenvalue weighted by Gasteiger charge is -2.04. The van der Waals surface area contributed by atoms with E-state index in [1.165, 1.54) is 24.4 Å². The normalized spacial score (nSPS) is 12.1. The highest BCUT2D eigenvalue weighted by atomic mass is 32.2. The maximum Gasteiger partial charge on any atom is 0.373 e. The van der Waals surface area contributed by atoms with Crippen LogP contribution in [0.1, 0.15) is 41.0 Å². The van der Waals surface area contributed by atoms with Crippen LogP contribution in [0.15, 0.2) is 46.0 Å². The number of aryl methyl sites for hydroxylation is 1. The number of ether oxygens (including phenoxy) is 1. The number of rotatable bonds is 6. The molecule has 25 heavy (non-hydrogen) atoms. The van der Waals surface area contributed by atoms with Crippen molar-refractivity contribution in [1.82, 2.24) is 15.2 Å². The number of H-pyrrole nitrogens is 1. The van der Waals surface area contributed by atoms with Gasteiger partial charge in [-0.05, 0) is 31.0 Å². The van der Waals surface area contributed by atoms with Crippen molar-refractivity contribution in [3.05, 3.63) is 53.5 Å². The molecule has 1 atom stereocenters. The van der Waals surface area contributed by atoms with Crippen molar-refractivity contribution in [2.45, 2.75) is 30.7 Å². The van der Waals surface area contributed by atoms with Crippen molar-refractivity contribution in [3.8, 4) is 11.4 Å². The third kappa shape index (κ3) is 3.93. The Bertz CT molecular complexity index is 855. The van der Waals surface area contributed by atoms with Gasteiger partial charge in [-0.3, -0.25) is 5.10 Å². The van der Waals surface area contributed by atoms with Gasteiger partial charge in [-0.1, -0.05) is 43.0 Å². The summed E-state index contributed by atoms with van der Waals surface area (Å²) >= 11 is 1.45. The quantitative estimate of drug-likeness (QED) is 0.524. The lowest BCUT2D eigenvalue weighted by Crippen LogP contribution is -1.98. The van der Waals surface area contributed by atoms with E-state index in [1.54, 1.807) is 12.1 Å². The molecule has 2 heterocycles. The Morgan fingerprint density at radius 2 is 2.04 bits per heavy atom. The van der Waals surface area contributed by atoms with Crippen molar-refractivity contribution < 1.29 is 13.9 Å². The average molecular weight is 357 g/mol. The molecule has 130 valence electrons. The second-order valence-electron chi connectivity index (χ2n) is 5.47. The Kier molecular flexibility index (Phi) is 5.23. The number of benzene rings is 1. The van der Waals surface area contributed by atoms with Crippen LogP contribution in [0.25, 0.3) is 11.4 Å². The fourth-order valence-electron chi connectivity index (χ4n) is 2.32. The van der Waals surface area contributed by atoms with Crippen molar-refractivity contribution >= 4 is 17.7 Å². The minimum atomic E-state index is -0.487. The van der Waals surface area contributed by atoms with Gasteiger partial charge in [0.15, 0.2) is 5.82 Å². The maximum atomic E-state index is 11.5. The summed E-state index contributed by atoms with van der Waals surface area (Å²) in [5, 5.41) is 7.80.